The summed E-state index contributed by atoms with van der Waals surface area (Å²) < 4.78 is 6.42. The van der Waals surface area contributed by atoms with Crippen LogP contribution < -0.4 is 0 Å². The zero-order chi connectivity index (χ0) is 16.7. The van der Waals surface area contributed by atoms with Crippen LogP contribution in [-0.4, -0.2) is 29.2 Å². The molecular weight excluding hydrogens is 294 g/mol. The standard InChI is InChI=1S/C18H17NO4/c1-10-11(8-9-14(20)23-3)15-16(19(10)2)18(22)13-7-5-4-6-12(13)17(15)21/h4-7H,8-9H2,1-3H3. The van der Waals surface area contributed by atoms with Crippen LogP contribution in [0, 0.1) is 6.92 Å². The lowest BCUT2D eigenvalue weighted by atomic mass is 9.85. The van der Waals surface area contributed by atoms with Gasteiger partial charge in [0, 0.05) is 30.3 Å². The van der Waals surface area contributed by atoms with Crippen molar-refractivity contribution in [1.29, 1.82) is 0 Å². The van der Waals surface area contributed by atoms with E-state index in [2.05, 4.69) is 4.74 Å². The van der Waals surface area contributed by atoms with Crippen LogP contribution in [0.3, 0.4) is 0 Å². The number of nitrogens with zero attached hydrogens (tertiary/aromatic N) is 1. The van der Waals surface area contributed by atoms with E-state index in [1.54, 1.807) is 35.9 Å². The number of aromatic nitrogens is 1. The molecule has 1 heterocycles. The third kappa shape index (κ3) is 2.20. The smallest absolute Gasteiger partial charge is 0.305 e. The average molecular weight is 311 g/mol. The first-order valence-electron chi connectivity index (χ1n) is 7.40. The Morgan fingerprint density at radius 2 is 1.74 bits per heavy atom. The second kappa shape index (κ2) is 5.50. The fourth-order valence-corrected chi connectivity index (χ4v) is 3.15. The molecule has 1 aromatic heterocycles. The summed E-state index contributed by atoms with van der Waals surface area (Å²) >= 11 is 0. The van der Waals surface area contributed by atoms with E-state index in [1.807, 2.05) is 6.92 Å². The molecule has 0 bridgehead atoms. The van der Waals surface area contributed by atoms with Crippen LogP contribution in [-0.2, 0) is 23.0 Å². The van der Waals surface area contributed by atoms with Crippen LogP contribution >= 0.6 is 0 Å². The number of hydrogen-bond acceptors (Lipinski definition) is 4. The Balaban J connectivity index is 2.15. The summed E-state index contributed by atoms with van der Waals surface area (Å²) in [5, 5.41) is 0. The summed E-state index contributed by atoms with van der Waals surface area (Å²) in [6.07, 6.45) is 0.555. The lowest BCUT2D eigenvalue weighted by molar-refractivity contribution is -0.140. The highest BCUT2D eigenvalue weighted by molar-refractivity contribution is 6.28. The molecule has 0 N–H and O–H groups in total. The molecule has 0 atom stereocenters. The van der Waals surface area contributed by atoms with E-state index in [0.717, 1.165) is 11.3 Å². The quantitative estimate of drug-likeness (QED) is 0.696. The number of carbonyl (C=O) groups is 3. The van der Waals surface area contributed by atoms with E-state index < -0.39 is 0 Å². The first-order valence-corrected chi connectivity index (χ1v) is 7.40. The fourth-order valence-electron chi connectivity index (χ4n) is 3.15. The number of methoxy groups -OCH3 is 1. The number of fused-ring (bicyclic) bond motifs is 2. The van der Waals surface area contributed by atoms with E-state index in [0.29, 0.717) is 28.8 Å². The highest BCUT2D eigenvalue weighted by Gasteiger charge is 2.35. The monoisotopic (exact) mass is 311 g/mol. The second-order valence-electron chi connectivity index (χ2n) is 5.63. The third-order valence-electron chi connectivity index (χ3n) is 4.48. The van der Waals surface area contributed by atoms with Gasteiger partial charge in [0.25, 0.3) is 0 Å². The van der Waals surface area contributed by atoms with E-state index in [4.69, 9.17) is 0 Å². The van der Waals surface area contributed by atoms with Crippen molar-refractivity contribution >= 4 is 17.5 Å². The van der Waals surface area contributed by atoms with Gasteiger partial charge in [-0.1, -0.05) is 24.3 Å². The fraction of sp³-hybridized carbons (Fsp3) is 0.278. The lowest BCUT2D eigenvalue weighted by Crippen LogP contribution is -2.22. The minimum Gasteiger partial charge on any atom is -0.469 e. The van der Waals surface area contributed by atoms with Crippen molar-refractivity contribution in [2.24, 2.45) is 7.05 Å². The molecule has 0 aliphatic heterocycles. The highest BCUT2D eigenvalue weighted by Crippen LogP contribution is 2.33. The third-order valence-corrected chi connectivity index (χ3v) is 4.48. The zero-order valence-electron chi connectivity index (χ0n) is 13.3. The Morgan fingerprint density at radius 3 is 2.35 bits per heavy atom. The largest absolute Gasteiger partial charge is 0.469 e. The molecule has 5 nitrogen and oxygen atoms in total. The van der Waals surface area contributed by atoms with Crippen LogP contribution in [0.1, 0.15) is 49.7 Å². The maximum Gasteiger partial charge on any atom is 0.305 e. The predicted octanol–water partition coefficient (Wildman–Crippen LogP) is 2.21. The van der Waals surface area contributed by atoms with E-state index in [9.17, 15) is 14.4 Å². The SMILES string of the molecule is COC(=O)CCc1c2c(n(C)c1C)C(=O)c1ccccc1C2=O. The predicted molar refractivity (Wildman–Crippen MR) is 83.8 cm³/mol. The number of esters is 1. The molecule has 0 saturated carbocycles. The van der Waals surface area contributed by atoms with Gasteiger partial charge in [0.05, 0.1) is 12.7 Å². The highest BCUT2D eigenvalue weighted by atomic mass is 16.5. The molecule has 0 radical (unpaired) electrons. The molecule has 5 heteroatoms. The van der Waals surface area contributed by atoms with Gasteiger partial charge in [-0.3, -0.25) is 14.4 Å². The zero-order valence-corrected chi connectivity index (χ0v) is 13.3. The van der Waals surface area contributed by atoms with Gasteiger partial charge >= 0.3 is 5.97 Å². The number of carbonyl (C=O) groups excluding carboxylic acids is 3. The van der Waals surface area contributed by atoms with Crippen molar-refractivity contribution in [2.45, 2.75) is 19.8 Å². The normalized spacial score (nSPS) is 12.8. The van der Waals surface area contributed by atoms with Crippen molar-refractivity contribution in [3.05, 3.63) is 57.9 Å². The van der Waals surface area contributed by atoms with Gasteiger partial charge in [-0.2, -0.15) is 0 Å². The molecule has 118 valence electrons. The Labute approximate surface area is 133 Å². The molecule has 0 saturated heterocycles. The van der Waals surface area contributed by atoms with Crippen LogP contribution in [0.4, 0.5) is 0 Å². The van der Waals surface area contributed by atoms with E-state index >= 15 is 0 Å². The molecule has 23 heavy (non-hydrogen) atoms. The van der Waals surface area contributed by atoms with Crippen molar-refractivity contribution in [3.8, 4) is 0 Å². The molecule has 1 aromatic carbocycles. The maximum atomic E-state index is 12.9. The van der Waals surface area contributed by atoms with Gasteiger partial charge in [-0.25, -0.2) is 0 Å². The van der Waals surface area contributed by atoms with Crippen LogP contribution in [0.15, 0.2) is 24.3 Å². The Morgan fingerprint density at radius 1 is 1.13 bits per heavy atom. The minimum absolute atomic E-state index is 0.148. The molecular formula is C18H17NO4. The van der Waals surface area contributed by atoms with E-state index in [-0.39, 0.29) is 24.0 Å². The molecule has 0 fully saturated rings. The van der Waals surface area contributed by atoms with Gasteiger partial charge in [-0.05, 0) is 18.9 Å². The summed E-state index contributed by atoms with van der Waals surface area (Å²) in [7, 11) is 3.11. The summed E-state index contributed by atoms with van der Waals surface area (Å²) in [4.78, 5) is 37.1. The van der Waals surface area contributed by atoms with Gasteiger partial charge in [0.2, 0.25) is 5.78 Å². The molecule has 0 amide bonds. The molecule has 2 aromatic rings. The lowest BCUT2D eigenvalue weighted by Gasteiger charge is -2.16. The van der Waals surface area contributed by atoms with Gasteiger partial charge in [0.1, 0.15) is 5.69 Å². The van der Waals surface area contributed by atoms with Gasteiger partial charge in [0.15, 0.2) is 5.78 Å². The van der Waals surface area contributed by atoms with Crippen LogP contribution in [0.25, 0.3) is 0 Å². The minimum atomic E-state index is -0.336. The average Bonchev–Trinajstić information content (AvgIpc) is 2.82. The van der Waals surface area contributed by atoms with Crippen LogP contribution in [0.5, 0.6) is 0 Å². The van der Waals surface area contributed by atoms with Gasteiger partial charge in [-0.15, -0.1) is 0 Å². The first kappa shape index (κ1) is 15.2. The Kier molecular flexibility index (Phi) is 3.64. The van der Waals surface area contributed by atoms with E-state index in [1.165, 1.54) is 7.11 Å². The summed E-state index contributed by atoms with van der Waals surface area (Å²) in [5.41, 5.74) is 3.28. The summed E-state index contributed by atoms with van der Waals surface area (Å²) in [6, 6.07) is 6.85. The molecule has 0 spiro atoms. The molecule has 1 aliphatic rings. The summed E-state index contributed by atoms with van der Waals surface area (Å²) in [6.45, 7) is 1.86. The topological polar surface area (TPSA) is 65.4 Å². The van der Waals surface area contributed by atoms with Crippen molar-refractivity contribution < 1.29 is 19.1 Å². The van der Waals surface area contributed by atoms with Crippen LogP contribution in [0.2, 0.25) is 0 Å². The number of ketones is 2. The van der Waals surface area contributed by atoms with Crippen molar-refractivity contribution in [3.63, 3.8) is 0 Å². The molecule has 1 aliphatic carbocycles. The molecule has 0 unspecified atom stereocenters. The summed E-state index contributed by atoms with van der Waals surface area (Å²) in [5.74, 6) is -0.638. The number of benzene rings is 1. The number of rotatable bonds is 3. The Hall–Kier alpha value is -2.69. The number of ether oxygens (including phenoxy) is 1. The second-order valence-corrected chi connectivity index (χ2v) is 5.63. The van der Waals surface area contributed by atoms with Crippen molar-refractivity contribution in [2.75, 3.05) is 7.11 Å². The molecule has 3 rings (SSSR count). The Bertz CT molecular complexity index is 845. The maximum absolute atomic E-state index is 12.9. The van der Waals surface area contributed by atoms with Gasteiger partial charge < -0.3 is 9.30 Å². The number of hydrogen-bond donors (Lipinski definition) is 0. The van der Waals surface area contributed by atoms with Crippen molar-refractivity contribution in [1.82, 2.24) is 4.57 Å². The first-order chi connectivity index (χ1) is 11.0.